The molecule has 29 heavy (non-hydrogen) atoms. The van der Waals surface area contributed by atoms with Crippen LogP contribution in [0.4, 0.5) is 0 Å². The van der Waals surface area contributed by atoms with Gasteiger partial charge >= 0.3 is 0 Å². The zero-order chi connectivity index (χ0) is 20.1. The molecular weight excluding hydrogens is 398 g/mol. The average Bonchev–Trinajstić information content (AvgIpc) is 3.38. The van der Waals surface area contributed by atoms with Crippen molar-refractivity contribution in [2.24, 2.45) is 0 Å². The van der Waals surface area contributed by atoms with Gasteiger partial charge in [-0.25, -0.2) is 9.97 Å². The van der Waals surface area contributed by atoms with Crippen molar-refractivity contribution in [2.75, 3.05) is 19.6 Å². The summed E-state index contributed by atoms with van der Waals surface area (Å²) in [6.07, 6.45) is 15.0. The summed E-state index contributed by atoms with van der Waals surface area (Å²) in [5.41, 5.74) is 2.73. The molecule has 0 saturated carbocycles. The Labute approximate surface area is 183 Å². The first kappa shape index (κ1) is 20.5. The summed E-state index contributed by atoms with van der Waals surface area (Å²) in [4.78, 5) is 11.6. The topological polar surface area (TPSA) is 46.0 Å². The molecule has 1 saturated heterocycles. The van der Waals surface area contributed by atoms with Crippen LogP contribution in [0, 0.1) is 6.92 Å². The summed E-state index contributed by atoms with van der Waals surface area (Å²) in [6, 6.07) is 0. The van der Waals surface area contributed by atoms with E-state index in [1.807, 2.05) is 6.20 Å². The Hall–Kier alpha value is -1.73. The summed E-state index contributed by atoms with van der Waals surface area (Å²) in [5, 5.41) is 7.67. The van der Waals surface area contributed by atoms with E-state index in [1.54, 1.807) is 16.9 Å². The standard InChI is InChI=1S/C22H31N5S2/c1-17-25-20(16-29-17)15-27-14-11-23-21(27)19-8-12-26(13-9-19)22(28)24-10-7-18-5-3-2-4-6-18/h5,11,14,16,19H,2-4,6-10,12-13,15H2,1H3,(H,24,28). The predicted octanol–water partition coefficient (Wildman–Crippen LogP) is 4.64. The minimum Gasteiger partial charge on any atom is -0.362 e. The Kier molecular flexibility index (Phi) is 6.98. The lowest BCUT2D eigenvalue weighted by molar-refractivity contribution is 0.300. The number of piperidine rings is 1. The van der Waals surface area contributed by atoms with Crippen LogP contribution in [0.25, 0.3) is 0 Å². The minimum absolute atomic E-state index is 0.496. The minimum atomic E-state index is 0.496. The van der Waals surface area contributed by atoms with Gasteiger partial charge in [0, 0.05) is 43.3 Å². The maximum atomic E-state index is 5.66. The van der Waals surface area contributed by atoms with Crippen LogP contribution in [0.3, 0.4) is 0 Å². The molecule has 1 fully saturated rings. The van der Waals surface area contributed by atoms with Gasteiger partial charge in [-0.05, 0) is 64.1 Å². The Morgan fingerprint density at radius 3 is 2.90 bits per heavy atom. The third kappa shape index (κ3) is 5.45. The first-order valence-corrected chi connectivity index (χ1v) is 12.1. The summed E-state index contributed by atoms with van der Waals surface area (Å²) >= 11 is 7.37. The van der Waals surface area contributed by atoms with Gasteiger partial charge in [0.05, 0.1) is 17.2 Å². The molecule has 0 bridgehead atoms. The van der Waals surface area contributed by atoms with E-state index in [4.69, 9.17) is 12.2 Å². The van der Waals surface area contributed by atoms with Crippen LogP contribution in [0.1, 0.15) is 67.4 Å². The molecule has 7 heteroatoms. The number of nitrogens with zero attached hydrogens (tertiary/aromatic N) is 4. The van der Waals surface area contributed by atoms with E-state index in [0.29, 0.717) is 5.92 Å². The lowest BCUT2D eigenvalue weighted by Gasteiger charge is -2.33. The second-order valence-electron chi connectivity index (χ2n) is 8.12. The molecule has 2 aliphatic rings. The predicted molar refractivity (Wildman–Crippen MR) is 123 cm³/mol. The van der Waals surface area contributed by atoms with Gasteiger partial charge < -0.3 is 14.8 Å². The maximum Gasteiger partial charge on any atom is 0.168 e. The third-order valence-corrected chi connectivity index (χ3v) is 7.23. The van der Waals surface area contributed by atoms with Crippen molar-refractivity contribution in [2.45, 2.75) is 64.3 Å². The van der Waals surface area contributed by atoms with Gasteiger partial charge in [-0.1, -0.05) is 11.6 Å². The van der Waals surface area contributed by atoms with E-state index in [-0.39, 0.29) is 0 Å². The first-order valence-electron chi connectivity index (χ1n) is 10.8. The van der Waals surface area contributed by atoms with Crippen LogP contribution >= 0.6 is 23.6 Å². The second-order valence-corrected chi connectivity index (χ2v) is 9.57. The number of allylic oxidation sites excluding steroid dienone is 1. The summed E-state index contributed by atoms with van der Waals surface area (Å²) in [7, 11) is 0. The van der Waals surface area contributed by atoms with Gasteiger partial charge in [0.25, 0.3) is 0 Å². The molecule has 5 nitrogen and oxygen atoms in total. The SMILES string of the molecule is Cc1nc(Cn2ccnc2C2CCN(C(=S)NCCC3=CCCCC3)CC2)cs1. The van der Waals surface area contributed by atoms with Crippen molar-refractivity contribution in [3.05, 3.63) is 45.9 Å². The number of likely N-dealkylation sites (tertiary alicyclic amines) is 1. The molecule has 0 aromatic carbocycles. The van der Waals surface area contributed by atoms with Gasteiger partial charge in [0.1, 0.15) is 5.82 Å². The first-order chi connectivity index (χ1) is 14.2. The van der Waals surface area contributed by atoms with E-state index < -0.39 is 0 Å². The quantitative estimate of drug-likeness (QED) is 0.535. The molecular formula is C22H31N5S2. The Bertz CT molecular complexity index is 845. The summed E-state index contributed by atoms with van der Waals surface area (Å²) in [5.74, 6) is 1.69. The molecule has 1 N–H and O–H groups in total. The highest BCUT2D eigenvalue weighted by Gasteiger charge is 2.25. The Morgan fingerprint density at radius 2 is 2.17 bits per heavy atom. The monoisotopic (exact) mass is 429 g/mol. The molecule has 1 aliphatic carbocycles. The lowest BCUT2D eigenvalue weighted by atomic mass is 9.96. The van der Waals surface area contributed by atoms with Crippen LogP contribution in [-0.4, -0.2) is 44.2 Å². The highest BCUT2D eigenvalue weighted by molar-refractivity contribution is 7.80. The van der Waals surface area contributed by atoms with E-state index in [1.165, 1.54) is 31.5 Å². The van der Waals surface area contributed by atoms with Crippen molar-refractivity contribution in [1.29, 1.82) is 0 Å². The largest absolute Gasteiger partial charge is 0.362 e. The van der Waals surface area contributed by atoms with E-state index >= 15 is 0 Å². The van der Waals surface area contributed by atoms with E-state index in [2.05, 4.69) is 49.3 Å². The van der Waals surface area contributed by atoms with Crippen molar-refractivity contribution >= 4 is 28.7 Å². The molecule has 0 radical (unpaired) electrons. The number of thiocarbonyl (C=S) groups is 1. The highest BCUT2D eigenvalue weighted by atomic mass is 32.1. The number of aromatic nitrogens is 3. The molecule has 3 heterocycles. The van der Waals surface area contributed by atoms with E-state index in [0.717, 1.165) is 61.3 Å². The van der Waals surface area contributed by atoms with Crippen molar-refractivity contribution in [3.8, 4) is 0 Å². The van der Waals surface area contributed by atoms with Gasteiger partial charge in [-0.15, -0.1) is 11.3 Å². The molecule has 156 valence electrons. The number of hydrogen-bond donors (Lipinski definition) is 1. The fraction of sp³-hybridized carbons (Fsp3) is 0.591. The third-order valence-electron chi connectivity index (χ3n) is 6.00. The van der Waals surface area contributed by atoms with Crippen molar-refractivity contribution in [3.63, 3.8) is 0 Å². The number of hydrogen-bond acceptors (Lipinski definition) is 4. The molecule has 0 amide bonds. The summed E-state index contributed by atoms with van der Waals surface area (Å²) < 4.78 is 2.27. The Balaban J connectivity index is 1.24. The normalized spacial score (nSPS) is 18.0. The molecule has 2 aromatic rings. The number of rotatable bonds is 6. The van der Waals surface area contributed by atoms with Crippen LogP contribution < -0.4 is 5.32 Å². The number of thiazole rings is 1. The molecule has 1 aliphatic heterocycles. The summed E-state index contributed by atoms with van der Waals surface area (Å²) in [6.45, 7) is 5.84. The molecule has 0 spiro atoms. The number of aryl methyl sites for hydroxylation is 1. The van der Waals surface area contributed by atoms with Crippen LogP contribution in [-0.2, 0) is 6.54 Å². The highest BCUT2D eigenvalue weighted by Crippen LogP contribution is 2.27. The van der Waals surface area contributed by atoms with E-state index in [9.17, 15) is 0 Å². The molecule has 0 atom stereocenters. The molecule has 0 unspecified atom stereocenters. The fourth-order valence-electron chi connectivity index (χ4n) is 4.38. The van der Waals surface area contributed by atoms with Crippen molar-refractivity contribution < 1.29 is 0 Å². The zero-order valence-electron chi connectivity index (χ0n) is 17.3. The number of imidazole rings is 1. The fourth-order valence-corrected chi connectivity index (χ4v) is 5.27. The lowest BCUT2D eigenvalue weighted by Crippen LogP contribution is -2.44. The van der Waals surface area contributed by atoms with Crippen LogP contribution in [0.15, 0.2) is 29.4 Å². The van der Waals surface area contributed by atoms with Crippen LogP contribution in [0.5, 0.6) is 0 Å². The smallest absolute Gasteiger partial charge is 0.168 e. The number of nitrogens with one attached hydrogen (secondary N) is 1. The zero-order valence-corrected chi connectivity index (χ0v) is 18.9. The molecule has 4 rings (SSSR count). The van der Waals surface area contributed by atoms with Crippen molar-refractivity contribution in [1.82, 2.24) is 24.8 Å². The van der Waals surface area contributed by atoms with Gasteiger partial charge in [-0.2, -0.15) is 0 Å². The molecule has 2 aromatic heterocycles. The average molecular weight is 430 g/mol. The second kappa shape index (κ2) is 9.85. The van der Waals surface area contributed by atoms with Gasteiger partial charge in [0.15, 0.2) is 5.11 Å². The van der Waals surface area contributed by atoms with Crippen LogP contribution in [0.2, 0.25) is 0 Å². The van der Waals surface area contributed by atoms with Gasteiger partial charge in [-0.3, -0.25) is 0 Å². The maximum absolute atomic E-state index is 5.66. The Morgan fingerprint density at radius 1 is 1.31 bits per heavy atom. The van der Waals surface area contributed by atoms with Gasteiger partial charge in [0.2, 0.25) is 0 Å².